The van der Waals surface area contributed by atoms with E-state index >= 15 is 0 Å². The number of halogens is 2. The molecule has 0 aliphatic rings. The van der Waals surface area contributed by atoms with E-state index in [1.165, 1.54) is 18.2 Å². The van der Waals surface area contributed by atoms with E-state index < -0.39 is 24.3 Å². The summed E-state index contributed by atoms with van der Waals surface area (Å²) in [5.41, 5.74) is 1.74. The van der Waals surface area contributed by atoms with Gasteiger partial charge in [0, 0.05) is 5.69 Å². The number of carbonyl (C=O) groups is 2. The molecule has 0 spiro atoms. The zero-order chi connectivity index (χ0) is 18.2. The Balaban J connectivity index is 1.76. The Kier molecular flexibility index (Phi) is 6.94. The predicted octanol–water partition coefficient (Wildman–Crippen LogP) is 3.71. The number of hydrogen-bond acceptors (Lipinski definition) is 4. The van der Waals surface area contributed by atoms with Crippen LogP contribution in [0.25, 0.3) is 0 Å². The molecule has 132 valence electrons. The third-order valence-corrected chi connectivity index (χ3v) is 3.84. The number of amides is 1. The van der Waals surface area contributed by atoms with E-state index in [4.69, 9.17) is 9.47 Å². The second-order valence-electron chi connectivity index (χ2n) is 5.13. The maximum atomic E-state index is 13.0. The predicted molar refractivity (Wildman–Crippen MR) is 95.0 cm³/mol. The van der Waals surface area contributed by atoms with Crippen LogP contribution in [0.4, 0.5) is 10.1 Å². The lowest BCUT2D eigenvalue weighted by molar-refractivity contribution is -0.149. The molecule has 2 rings (SSSR count). The molecule has 0 unspecified atom stereocenters. The third-order valence-electron chi connectivity index (χ3n) is 3.22. The van der Waals surface area contributed by atoms with E-state index in [0.717, 1.165) is 12.0 Å². The van der Waals surface area contributed by atoms with Crippen LogP contribution in [0, 0.1) is 5.82 Å². The summed E-state index contributed by atoms with van der Waals surface area (Å²) < 4.78 is 23.4. The van der Waals surface area contributed by atoms with E-state index in [1.54, 1.807) is 6.07 Å². The molecule has 0 radical (unpaired) electrons. The average Bonchev–Trinajstić information content (AvgIpc) is 2.59. The van der Waals surface area contributed by atoms with Gasteiger partial charge in [-0.25, -0.2) is 9.18 Å². The van der Waals surface area contributed by atoms with Crippen molar-refractivity contribution in [2.24, 2.45) is 0 Å². The van der Waals surface area contributed by atoms with Crippen molar-refractivity contribution in [1.82, 2.24) is 0 Å². The summed E-state index contributed by atoms with van der Waals surface area (Å²) in [5.74, 6) is -1.26. The first-order valence-electron chi connectivity index (χ1n) is 7.60. The Labute approximate surface area is 153 Å². The second-order valence-corrected chi connectivity index (χ2v) is 5.98. The minimum atomic E-state index is -0.700. The molecule has 0 aliphatic carbocycles. The fraction of sp³-hybridized carbons (Fsp3) is 0.222. The van der Waals surface area contributed by atoms with Gasteiger partial charge < -0.3 is 14.8 Å². The molecular formula is C18H17BrFNO4. The maximum Gasteiger partial charge on any atom is 0.344 e. The molecule has 0 heterocycles. The van der Waals surface area contributed by atoms with Crippen molar-refractivity contribution < 1.29 is 23.5 Å². The van der Waals surface area contributed by atoms with Crippen LogP contribution < -0.4 is 10.1 Å². The molecule has 0 saturated heterocycles. The van der Waals surface area contributed by atoms with E-state index in [-0.39, 0.29) is 6.61 Å². The van der Waals surface area contributed by atoms with Crippen molar-refractivity contribution in [3.8, 4) is 5.75 Å². The zero-order valence-corrected chi connectivity index (χ0v) is 15.1. The Morgan fingerprint density at radius 2 is 1.96 bits per heavy atom. The van der Waals surface area contributed by atoms with Gasteiger partial charge in [-0.2, -0.15) is 0 Å². The van der Waals surface area contributed by atoms with Gasteiger partial charge in [0.2, 0.25) is 0 Å². The minimum absolute atomic E-state index is 0.305. The summed E-state index contributed by atoms with van der Waals surface area (Å²) in [4.78, 5) is 23.4. The highest BCUT2D eigenvalue weighted by molar-refractivity contribution is 9.10. The van der Waals surface area contributed by atoms with Gasteiger partial charge in [-0.3, -0.25) is 4.79 Å². The van der Waals surface area contributed by atoms with Gasteiger partial charge in [0.05, 0.1) is 4.47 Å². The third kappa shape index (κ3) is 6.19. The van der Waals surface area contributed by atoms with Crippen molar-refractivity contribution in [2.75, 3.05) is 18.5 Å². The van der Waals surface area contributed by atoms with E-state index in [2.05, 4.69) is 21.2 Å². The zero-order valence-electron chi connectivity index (χ0n) is 13.6. The molecule has 1 N–H and O–H groups in total. The minimum Gasteiger partial charge on any atom is -0.481 e. The highest BCUT2D eigenvalue weighted by Gasteiger charge is 2.10. The van der Waals surface area contributed by atoms with Gasteiger partial charge in [0.1, 0.15) is 11.6 Å². The molecule has 1 amide bonds. The smallest absolute Gasteiger partial charge is 0.344 e. The van der Waals surface area contributed by atoms with Crippen LogP contribution in [0.3, 0.4) is 0 Å². The second kappa shape index (κ2) is 9.17. The molecule has 0 aliphatic heterocycles. The number of rotatable bonds is 7. The van der Waals surface area contributed by atoms with Gasteiger partial charge in [0.15, 0.2) is 13.2 Å². The van der Waals surface area contributed by atoms with Crippen molar-refractivity contribution in [3.05, 3.63) is 58.3 Å². The monoisotopic (exact) mass is 409 g/mol. The number of hydrogen-bond donors (Lipinski definition) is 1. The van der Waals surface area contributed by atoms with Gasteiger partial charge >= 0.3 is 5.97 Å². The first-order chi connectivity index (χ1) is 12.0. The summed E-state index contributed by atoms with van der Waals surface area (Å²) in [7, 11) is 0. The molecule has 0 fully saturated rings. The van der Waals surface area contributed by atoms with Gasteiger partial charge in [-0.15, -0.1) is 0 Å². The summed E-state index contributed by atoms with van der Waals surface area (Å²) in [5, 5.41) is 2.65. The van der Waals surface area contributed by atoms with Crippen LogP contribution in [0.1, 0.15) is 12.5 Å². The number of esters is 1. The molecule has 0 bridgehead atoms. The van der Waals surface area contributed by atoms with Crippen molar-refractivity contribution in [2.45, 2.75) is 13.3 Å². The molecule has 0 saturated carbocycles. The standard InChI is InChI=1S/C18H17BrFNO4/c1-2-12-4-3-5-14(8-12)21-17(22)10-25-18(23)11-24-16-7-6-13(20)9-15(16)19/h3-9H,2,10-11H2,1H3,(H,21,22). The lowest BCUT2D eigenvalue weighted by Gasteiger charge is -2.09. The lowest BCUT2D eigenvalue weighted by atomic mass is 10.1. The van der Waals surface area contributed by atoms with Crippen LogP contribution >= 0.6 is 15.9 Å². The lowest BCUT2D eigenvalue weighted by Crippen LogP contribution is -2.23. The Morgan fingerprint density at radius 1 is 1.16 bits per heavy atom. The largest absolute Gasteiger partial charge is 0.481 e. The molecule has 0 aromatic heterocycles. The number of nitrogens with one attached hydrogen (secondary N) is 1. The Bertz CT molecular complexity index is 766. The van der Waals surface area contributed by atoms with Crippen molar-refractivity contribution in [1.29, 1.82) is 0 Å². The molecule has 5 nitrogen and oxygen atoms in total. The average molecular weight is 410 g/mol. The van der Waals surface area contributed by atoms with Crippen LogP contribution in [0.5, 0.6) is 5.75 Å². The van der Waals surface area contributed by atoms with Crippen LogP contribution in [-0.4, -0.2) is 25.1 Å². The summed E-state index contributed by atoms with van der Waals surface area (Å²) in [6.45, 7) is 1.22. The number of anilines is 1. The Morgan fingerprint density at radius 3 is 2.68 bits per heavy atom. The van der Waals surface area contributed by atoms with Gasteiger partial charge in [-0.1, -0.05) is 19.1 Å². The highest BCUT2D eigenvalue weighted by Crippen LogP contribution is 2.25. The van der Waals surface area contributed by atoms with Gasteiger partial charge in [-0.05, 0) is 58.2 Å². The first kappa shape index (κ1) is 18.9. The summed E-state index contributed by atoms with van der Waals surface area (Å²) in [6.07, 6.45) is 0.856. The summed E-state index contributed by atoms with van der Waals surface area (Å²) >= 11 is 3.13. The summed E-state index contributed by atoms with van der Waals surface area (Å²) in [6, 6.07) is 11.2. The maximum absolute atomic E-state index is 13.0. The molecule has 7 heteroatoms. The topological polar surface area (TPSA) is 64.6 Å². The number of aryl methyl sites for hydroxylation is 1. The van der Waals surface area contributed by atoms with E-state index in [9.17, 15) is 14.0 Å². The number of ether oxygens (including phenoxy) is 2. The Hall–Kier alpha value is -2.41. The van der Waals surface area contributed by atoms with Gasteiger partial charge in [0.25, 0.3) is 5.91 Å². The van der Waals surface area contributed by atoms with E-state index in [0.29, 0.717) is 15.9 Å². The van der Waals surface area contributed by atoms with Crippen LogP contribution in [0.2, 0.25) is 0 Å². The molecule has 2 aromatic rings. The normalized spacial score (nSPS) is 10.2. The molecular weight excluding hydrogens is 393 g/mol. The highest BCUT2D eigenvalue weighted by atomic mass is 79.9. The van der Waals surface area contributed by atoms with Crippen LogP contribution in [0.15, 0.2) is 46.9 Å². The number of benzene rings is 2. The quantitative estimate of drug-likeness (QED) is 0.707. The van der Waals surface area contributed by atoms with Crippen LogP contribution in [-0.2, 0) is 20.7 Å². The van der Waals surface area contributed by atoms with Crippen molar-refractivity contribution in [3.63, 3.8) is 0 Å². The molecule has 25 heavy (non-hydrogen) atoms. The van der Waals surface area contributed by atoms with E-state index in [1.807, 2.05) is 25.1 Å². The first-order valence-corrected chi connectivity index (χ1v) is 8.39. The fourth-order valence-electron chi connectivity index (χ4n) is 1.98. The van der Waals surface area contributed by atoms with Crippen molar-refractivity contribution >= 4 is 33.5 Å². The molecule has 2 aromatic carbocycles. The SMILES string of the molecule is CCc1cccc(NC(=O)COC(=O)COc2ccc(F)cc2Br)c1. The molecule has 0 atom stereocenters. The number of carbonyl (C=O) groups excluding carboxylic acids is 2. The fourth-order valence-corrected chi connectivity index (χ4v) is 2.45.